The molecule has 0 amide bonds. The zero-order chi connectivity index (χ0) is 16.1. The lowest BCUT2D eigenvalue weighted by molar-refractivity contribution is -0.385. The Morgan fingerprint density at radius 1 is 1.45 bits per heavy atom. The maximum Gasteiger partial charge on any atom is 0.313 e. The molecule has 0 spiro atoms. The molecule has 6 nitrogen and oxygen atoms in total. The zero-order valence-corrected chi connectivity index (χ0v) is 12.7. The molecule has 0 heterocycles. The van der Waals surface area contributed by atoms with Crippen LogP contribution in [-0.2, 0) is 0 Å². The second-order valence-electron chi connectivity index (χ2n) is 5.65. The SMILES string of the molecule is COc1cc(NC(CN)C2CCCCC2)c(F)cc1[N+](=O)[O-]. The summed E-state index contributed by atoms with van der Waals surface area (Å²) in [6.07, 6.45) is 5.69. The molecule has 1 aliphatic rings. The Balaban J connectivity index is 2.21. The van der Waals surface area contributed by atoms with Gasteiger partial charge in [-0.1, -0.05) is 19.3 Å². The van der Waals surface area contributed by atoms with Crippen LogP contribution in [0.1, 0.15) is 32.1 Å². The molecule has 0 bridgehead atoms. The fourth-order valence-corrected chi connectivity index (χ4v) is 3.07. The van der Waals surface area contributed by atoms with Gasteiger partial charge in [-0.05, 0) is 18.8 Å². The summed E-state index contributed by atoms with van der Waals surface area (Å²) in [4.78, 5) is 10.2. The van der Waals surface area contributed by atoms with Crippen molar-refractivity contribution in [2.75, 3.05) is 19.0 Å². The number of nitrogens with two attached hydrogens (primary N) is 1. The number of nitrogens with zero attached hydrogens (tertiary/aromatic N) is 1. The third-order valence-electron chi connectivity index (χ3n) is 4.28. The van der Waals surface area contributed by atoms with E-state index in [0.717, 1.165) is 31.7 Å². The lowest BCUT2D eigenvalue weighted by Crippen LogP contribution is -2.37. The van der Waals surface area contributed by atoms with Gasteiger partial charge in [0.05, 0.1) is 23.8 Å². The smallest absolute Gasteiger partial charge is 0.313 e. The van der Waals surface area contributed by atoms with Crippen molar-refractivity contribution in [3.63, 3.8) is 0 Å². The number of benzene rings is 1. The number of nitro groups is 1. The number of ether oxygens (including phenoxy) is 1. The topological polar surface area (TPSA) is 90.4 Å². The van der Waals surface area contributed by atoms with E-state index in [1.807, 2.05) is 0 Å². The molecule has 0 radical (unpaired) electrons. The Kier molecular flexibility index (Phi) is 5.54. The van der Waals surface area contributed by atoms with Crippen LogP contribution in [0.4, 0.5) is 15.8 Å². The second kappa shape index (κ2) is 7.40. The molecule has 1 fully saturated rings. The summed E-state index contributed by atoms with van der Waals surface area (Å²) in [6, 6.07) is 2.18. The van der Waals surface area contributed by atoms with Crippen molar-refractivity contribution in [2.45, 2.75) is 38.1 Å². The molecule has 3 N–H and O–H groups in total. The maximum absolute atomic E-state index is 14.1. The molecule has 1 aliphatic carbocycles. The maximum atomic E-state index is 14.1. The Morgan fingerprint density at radius 3 is 2.68 bits per heavy atom. The molecule has 1 atom stereocenters. The molecule has 0 aromatic heterocycles. The summed E-state index contributed by atoms with van der Waals surface area (Å²) in [7, 11) is 1.32. The van der Waals surface area contributed by atoms with Crippen LogP contribution in [-0.4, -0.2) is 24.6 Å². The zero-order valence-electron chi connectivity index (χ0n) is 12.7. The number of halogens is 1. The predicted octanol–water partition coefficient (Wildman–Crippen LogP) is 3.06. The van der Waals surface area contributed by atoms with Gasteiger partial charge in [0.1, 0.15) is 0 Å². The van der Waals surface area contributed by atoms with Crippen molar-refractivity contribution < 1.29 is 14.1 Å². The van der Waals surface area contributed by atoms with Crippen LogP contribution in [0, 0.1) is 21.8 Å². The highest BCUT2D eigenvalue weighted by Crippen LogP contribution is 2.34. The van der Waals surface area contributed by atoms with Crippen molar-refractivity contribution in [1.82, 2.24) is 0 Å². The lowest BCUT2D eigenvalue weighted by Gasteiger charge is -2.31. The summed E-state index contributed by atoms with van der Waals surface area (Å²) < 4.78 is 19.1. The molecule has 2 rings (SSSR count). The largest absolute Gasteiger partial charge is 0.490 e. The quantitative estimate of drug-likeness (QED) is 0.622. The Hall–Kier alpha value is -1.89. The van der Waals surface area contributed by atoms with E-state index in [-0.39, 0.29) is 23.2 Å². The summed E-state index contributed by atoms with van der Waals surface area (Å²) in [6.45, 7) is 0.392. The van der Waals surface area contributed by atoms with Crippen molar-refractivity contribution in [2.24, 2.45) is 11.7 Å². The average Bonchev–Trinajstić information content (AvgIpc) is 2.54. The molecular weight excluding hydrogens is 289 g/mol. The third-order valence-corrected chi connectivity index (χ3v) is 4.28. The highest BCUT2D eigenvalue weighted by Gasteiger charge is 2.25. The first-order valence-electron chi connectivity index (χ1n) is 7.55. The normalized spacial score (nSPS) is 17.0. The molecule has 122 valence electrons. The third kappa shape index (κ3) is 3.65. The summed E-state index contributed by atoms with van der Waals surface area (Å²) in [5.41, 5.74) is 5.64. The first kappa shape index (κ1) is 16.5. The van der Waals surface area contributed by atoms with E-state index in [1.54, 1.807) is 0 Å². The van der Waals surface area contributed by atoms with E-state index in [9.17, 15) is 14.5 Å². The average molecular weight is 311 g/mol. The van der Waals surface area contributed by atoms with Gasteiger partial charge in [0.2, 0.25) is 0 Å². The van der Waals surface area contributed by atoms with E-state index in [4.69, 9.17) is 10.5 Å². The molecule has 1 aromatic rings. The van der Waals surface area contributed by atoms with Crippen LogP contribution >= 0.6 is 0 Å². The van der Waals surface area contributed by atoms with Gasteiger partial charge in [-0.25, -0.2) is 4.39 Å². The van der Waals surface area contributed by atoms with Gasteiger partial charge in [0.25, 0.3) is 0 Å². The minimum absolute atomic E-state index is 0.0355. The molecular formula is C15H22FN3O3. The highest BCUT2D eigenvalue weighted by atomic mass is 19.1. The molecule has 0 aliphatic heterocycles. The van der Waals surface area contributed by atoms with Crippen LogP contribution in [0.5, 0.6) is 5.75 Å². The van der Waals surface area contributed by atoms with Crippen molar-refractivity contribution in [3.05, 3.63) is 28.1 Å². The summed E-state index contributed by atoms with van der Waals surface area (Å²) in [5, 5.41) is 14.0. The van der Waals surface area contributed by atoms with Gasteiger partial charge >= 0.3 is 5.69 Å². The lowest BCUT2D eigenvalue weighted by atomic mass is 9.84. The predicted molar refractivity (Wildman–Crippen MR) is 82.6 cm³/mol. The molecule has 1 saturated carbocycles. The second-order valence-corrected chi connectivity index (χ2v) is 5.65. The number of methoxy groups -OCH3 is 1. The summed E-state index contributed by atoms with van der Waals surface area (Å²) in [5.74, 6) is -0.227. The van der Waals surface area contributed by atoms with E-state index >= 15 is 0 Å². The first-order valence-corrected chi connectivity index (χ1v) is 7.55. The van der Waals surface area contributed by atoms with E-state index in [2.05, 4.69) is 5.32 Å². The fraction of sp³-hybridized carbons (Fsp3) is 0.600. The number of hydrogen-bond donors (Lipinski definition) is 2. The fourth-order valence-electron chi connectivity index (χ4n) is 3.07. The van der Waals surface area contributed by atoms with Gasteiger partial charge in [-0.3, -0.25) is 10.1 Å². The van der Waals surface area contributed by atoms with Crippen LogP contribution < -0.4 is 15.8 Å². The van der Waals surface area contributed by atoms with Crippen molar-refractivity contribution >= 4 is 11.4 Å². The molecule has 0 saturated heterocycles. The Morgan fingerprint density at radius 2 is 2.14 bits per heavy atom. The van der Waals surface area contributed by atoms with Gasteiger partial charge in [-0.15, -0.1) is 0 Å². The number of nitrogens with one attached hydrogen (secondary N) is 1. The number of rotatable bonds is 6. The monoisotopic (exact) mass is 311 g/mol. The Bertz CT molecular complexity index is 533. The minimum atomic E-state index is -0.665. The van der Waals surface area contributed by atoms with Crippen LogP contribution in [0.2, 0.25) is 0 Å². The summed E-state index contributed by atoms with van der Waals surface area (Å²) >= 11 is 0. The number of nitro benzene ring substituents is 1. The number of anilines is 1. The van der Waals surface area contributed by atoms with Crippen LogP contribution in [0.3, 0.4) is 0 Å². The molecule has 22 heavy (non-hydrogen) atoms. The molecule has 7 heteroatoms. The standard InChI is InChI=1S/C15H22FN3O3/c1-22-15-8-12(11(16)7-14(15)19(20)21)18-13(9-17)10-5-3-2-4-6-10/h7-8,10,13,18H,2-6,9,17H2,1H3. The number of hydrogen-bond acceptors (Lipinski definition) is 5. The molecule has 1 unspecified atom stereocenters. The van der Waals surface area contributed by atoms with Crippen molar-refractivity contribution in [1.29, 1.82) is 0 Å². The van der Waals surface area contributed by atoms with Crippen molar-refractivity contribution in [3.8, 4) is 5.75 Å². The highest BCUT2D eigenvalue weighted by molar-refractivity contribution is 5.59. The van der Waals surface area contributed by atoms with Gasteiger partial charge in [0.15, 0.2) is 11.6 Å². The van der Waals surface area contributed by atoms with Gasteiger partial charge in [0, 0.05) is 18.7 Å². The van der Waals surface area contributed by atoms with Gasteiger partial charge < -0.3 is 15.8 Å². The Labute approximate surface area is 129 Å². The first-order chi connectivity index (χ1) is 10.6. The van der Waals surface area contributed by atoms with E-state index in [1.165, 1.54) is 19.6 Å². The van der Waals surface area contributed by atoms with E-state index in [0.29, 0.717) is 12.5 Å². The van der Waals surface area contributed by atoms with E-state index < -0.39 is 10.7 Å². The molecule has 1 aromatic carbocycles. The minimum Gasteiger partial charge on any atom is -0.490 e. The van der Waals surface area contributed by atoms with Crippen LogP contribution in [0.25, 0.3) is 0 Å². The van der Waals surface area contributed by atoms with Gasteiger partial charge in [-0.2, -0.15) is 0 Å². The van der Waals surface area contributed by atoms with Crippen LogP contribution in [0.15, 0.2) is 12.1 Å².